The number of carbonyl (C=O) groups excluding carboxylic acids is 1. The van der Waals surface area contributed by atoms with Crippen LogP contribution in [0.3, 0.4) is 0 Å². The molecule has 2 rings (SSSR count). The van der Waals surface area contributed by atoms with Crippen molar-refractivity contribution >= 4 is 11.8 Å². The lowest BCUT2D eigenvalue weighted by Crippen LogP contribution is -2.47. The second kappa shape index (κ2) is 5.56. The van der Waals surface area contributed by atoms with Crippen molar-refractivity contribution in [2.24, 2.45) is 0 Å². The Kier molecular flexibility index (Phi) is 4.14. The molecule has 0 radical (unpaired) electrons. The molecule has 1 aromatic carbocycles. The van der Waals surface area contributed by atoms with Crippen LogP contribution in [0.2, 0.25) is 0 Å². The van der Waals surface area contributed by atoms with E-state index in [1.165, 1.54) is 0 Å². The second-order valence-corrected chi connectivity index (χ2v) is 6.59. The molecule has 1 aliphatic rings. The van der Waals surface area contributed by atoms with E-state index in [9.17, 15) is 9.90 Å². The Bertz CT molecular complexity index is 514. The van der Waals surface area contributed by atoms with E-state index in [-0.39, 0.29) is 6.09 Å². The van der Waals surface area contributed by atoms with Gasteiger partial charge in [0.25, 0.3) is 0 Å². The molecule has 0 saturated carbocycles. The van der Waals surface area contributed by atoms with Crippen molar-refractivity contribution in [2.75, 3.05) is 18.8 Å². The number of para-hydroxylation sites is 1. The molecule has 5 nitrogen and oxygen atoms in total. The number of carbonyl (C=O) groups is 1. The third kappa shape index (κ3) is 3.67. The zero-order chi connectivity index (χ0) is 15.7. The molecule has 1 fully saturated rings. The maximum atomic E-state index is 12.0. The van der Waals surface area contributed by atoms with Crippen molar-refractivity contribution in [3.63, 3.8) is 0 Å². The van der Waals surface area contributed by atoms with E-state index < -0.39 is 11.2 Å². The first-order valence-electron chi connectivity index (χ1n) is 7.27. The zero-order valence-electron chi connectivity index (χ0n) is 12.9. The van der Waals surface area contributed by atoms with E-state index in [0.717, 1.165) is 5.56 Å². The van der Waals surface area contributed by atoms with Crippen LogP contribution in [0.4, 0.5) is 10.5 Å². The van der Waals surface area contributed by atoms with Gasteiger partial charge < -0.3 is 20.5 Å². The van der Waals surface area contributed by atoms with Gasteiger partial charge in [-0.1, -0.05) is 18.2 Å². The average molecular weight is 292 g/mol. The Balaban J connectivity index is 2.03. The fraction of sp³-hybridized carbons (Fsp3) is 0.562. The lowest BCUT2D eigenvalue weighted by atomic mass is 9.83. The highest BCUT2D eigenvalue weighted by Crippen LogP contribution is 2.36. The summed E-state index contributed by atoms with van der Waals surface area (Å²) in [4.78, 5) is 13.7. The molecule has 0 aliphatic carbocycles. The Hall–Kier alpha value is -1.75. The van der Waals surface area contributed by atoms with Gasteiger partial charge >= 0.3 is 6.09 Å². The summed E-state index contributed by atoms with van der Waals surface area (Å²) in [7, 11) is 0. The molecule has 21 heavy (non-hydrogen) atoms. The van der Waals surface area contributed by atoms with Gasteiger partial charge in [-0.2, -0.15) is 0 Å². The van der Waals surface area contributed by atoms with Gasteiger partial charge in [-0.15, -0.1) is 0 Å². The third-order valence-electron chi connectivity index (χ3n) is 3.70. The number of likely N-dealkylation sites (tertiary alicyclic amines) is 1. The summed E-state index contributed by atoms with van der Waals surface area (Å²) in [6.07, 6.45) is 0.589. The van der Waals surface area contributed by atoms with Gasteiger partial charge in [-0.25, -0.2) is 4.79 Å². The molecule has 1 aliphatic heterocycles. The van der Waals surface area contributed by atoms with Crippen molar-refractivity contribution in [3.8, 4) is 0 Å². The van der Waals surface area contributed by atoms with Crippen LogP contribution in [-0.4, -0.2) is 34.8 Å². The summed E-state index contributed by atoms with van der Waals surface area (Å²) in [6.45, 7) is 6.45. The summed E-state index contributed by atoms with van der Waals surface area (Å²) in [5.74, 6) is 0. The molecule has 116 valence electrons. The SMILES string of the molecule is CC(C)(C)OC(=O)N1CCC(O)(c2ccccc2N)CC1. The van der Waals surface area contributed by atoms with E-state index in [1.54, 1.807) is 11.0 Å². The Morgan fingerprint density at radius 3 is 2.38 bits per heavy atom. The minimum Gasteiger partial charge on any atom is -0.444 e. The first kappa shape index (κ1) is 15.6. The lowest BCUT2D eigenvalue weighted by molar-refractivity contribution is -0.0351. The maximum Gasteiger partial charge on any atom is 0.410 e. The zero-order valence-corrected chi connectivity index (χ0v) is 12.9. The molecule has 1 saturated heterocycles. The van der Waals surface area contributed by atoms with Gasteiger partial charge in [0, 0.05) is 24.3 Å². The number of nitrogen functional groups attached to an aromatic ring is 1. The highest BCUT2D eigenvalue weighted by atomic mass is 16.6. The molecule has 0 bridgehead atoms. The van der Waals surface area contributed by atoms with Crippen molar-refractivity contribution in [1.29, 1.82) is 0 Å². The summed E-state index contributed by atoms with van der Waals surface area (Å²) in [6, 6.07) is 7.34. The van der Waals surface area contributed by atoms with Crippen LogP contribution < -0.4 is 5.73 Å². The summed E-state index contributed by atoms with van der Waals surface area (Å²) >= 11 is 0. The minimum atomic E-state index is -0.968. The van der Waals surface area contributed by atoms with Gasteiger partial charge in [0.2, 0.25) is 0 Å². The number of nitrogens with two attached hydrogens (primary N) is 1. The standard InChI is InChI=1S/C16H24N2O3/c1-15(2,3)21-14(19)18-10-8-16(20,9-11-18)12-6-4-5-7-13(12)17/h4-7,20H,8-11,17H2,1-3H3. The van der Waals surface area contributed by atoms with Crippen molar-refractivity contribution in [1.82, 2.24) is 4.90 Å². The van der Waals surface area contributed by atoms with Crippen LogP contribution in [0, 0.1) is 0 Å². The number of ether oxygens (including phenoxy) is 1. The quantitative estimate of drug-likeness (QED) is 0.780. The molecule has 1 heterocycles. The summed E-state index contributed by atoms with van der Waals surface area (Å²) < 4.78 is 5.36. The monoisotopic (exact) mass is 292 g/mol. The predicted molar refractivity (Wildman–Crippen MR) is 81.8 cm³/mol. The molecule has 1 amide bonds. The fourth-order valence-corrected chi connectivity index (χ4v) is 2.58. The highest BCUT2D eigenvalue weighted by molar-refractivity contribution is 5.68. The van der Waals surface area contributed by atoms with E-state index in [2.05, 4.69) is 0 Å². The van der Waals surface area contributed by atoms with E-state index >= 15 is 0 Å². The molecule has 0 aromatic heterocycles. The van der Waals surface area contributed by atoms with Crippen molar-refractivity contribution in [3.05, 3.63) is 29.8 Å². The lowest BCUT2D eigenvalue weighted by Gasteiger charge is -2.39. The first-order chi connectivity index (χ1) is 9.71. The van der Waals surface area contributed by atoms with E-state index in [4.69, 9.17) is 10.5 Å². The molecule has 3 N–H and O–H groups in total. The first-order valence-corrected chi connectivity index (χ1v) is 7.27. The normalized spacial score (nSPS) is 18.4. The number of anilines is 1. The van der Waals surface area contributed by atoms with Gasteiger partial charge in [0.15, 0.2) is 0 Å². The highest BCUT2D eigenvalue weighted by Gasteiger charge is 2.37. The van der Waals surface area contributed by atoms with Crippen molar-refractivity contribution in [2.45, 2.75) is 44.8 Å². The van der Waals surface area contributed by atoms with Crippen LogP contribution in [0.15, 0.2) is 24.3 Å². The van der Waals surface area contributed by atoms with Crippen LogP contribution in [0.1, 0.15) is 39.2 Å². The number of benzene rings is 1. The summed E-state index contributed by atoms with van der Waals surface area (Å²) in [5, 5.41) is 10.8. The predicted octanol–water partition coefficient (Wildman–Crippen LogP) is 2.49. The molecule has 0 spiro atoms. The second-order valence-electron chi connectivity index (χ2n) is 6.59. The van der Waals surface area contributed by atoms with Gasteiger partial charge in [-0.3, -0.25) is 0 Å². The molecule has 0 unspecified atom stereocenters. The number of hydrogen-bond acceptors (Lipinski definition) is 4. The molecule has 5 heteroatoms. The third-order valence-corrected chi connectivity index (χ3v) is 3.70. The number of aliphatic hydroxyl groups is 1. The smallest absolute Gasteiger partial charge is 0.410 e. The fourth-order valence-electron chi connectivity index (χ4n) is 2.58. The Labute approximate surface area is 125 Å². The topological polar surface area (TPSA) is 75.8 Å². The molecular weight excluding hydrogens is 268 g/mol. The van der Waals surface area contributed by atoms with Crippen LogP contribution >= 0.6 is 0 Å². The number of rotatable bonds is 1. The van der Waals surface area contributed by atoms with Gasteiger partial charge in [-0.05, 0) is 39.7 Å². The minimum absolute atomic E-state index is 0.328. The van der Waals surface area contributed by atoms with Crippen molar-refractivity contribution < 1.29 is 14.6 Å². The van der Waals surface area contributed by atoms with E-state index in [1.807, 2.05) is 39.0 Å². The Morgan fingerprint density at radius 2 is 1.86 bits per heavy atom. The maximum absolute atomic E-state index is 12.0. The molecule has 1 aromatic rings. The van der Waals surface area contributed by atoms with E-state index in [0.29, 0.717) is 31.6 Å². The number of piperidine rings is 1. The van der Waals surface area contributed by atoms with Gasteiger partial charge in [0.05, 0.1) is 5.60 Å². The van der Waals surface area contributed by atoms with Crippen LogP contribution in [-0.2, 0) is 10.3 Å². The molecule has 0 atom stereocenters. The number of amides is 1. The van der Waals surface area contributed by atoms with Crippen LogP contribution in [0.25, 0.3) is 0 Å². The summed E-state index contributed by atoms with van der Waals surface area (Å²) in [5.41, 5.74) is 5.81. The van der Waals surface area contributed by atoms with Crippen LogP contribution in [0.5, 0.6) is 0 Å². The largest absolute Gasteiger partial charge is 0.444 e. The van der Waals surface area contributed by atoms with Gasteiger partial charge in [0.1, 0.15) is 5.60 Å². The molecular formula is C16H24N2O3. The number of nitrogens with zero attached hydrogens (tertiary/aromatic N) is 1. The average Bonchev–Trinajstić information content (AvgIpc) is 2.37. The number of hydrogen-bond donors (Lipinski definition) is 2. The Morgan fingerprint density at radius 1 is 1.29 bits per heavy atom.